The van der Waals surface area contributed by atoms with E-state index in [-0.39, 0.29) is 12.0 Å². The Morgan fingerprint density at radius 3 is 2.86 bits per heavy atom. The van der Waals surface area contributed by atoms with Gasteiger partial charge in [0.15, 0.2) is 0 Å². The van der Waals surface area contributed by atoms with E-state index in [1.54, 1.807) is 19.4 Å². The molecule has 1 N–H and O–H groups in total. The van der Waals surface area contributed by atoms with E-state index in [2.05, 4.69) is 4.98 Å². The first kappa shape index (κ1) is 9.74. The highest BCUT2D eigenvalue weighted by atomic mass is 35.5. The topological polar surface area (TPSA) is 42.4 Å². The number of halogens is 1. The van der Waals surface area contributed by atoms with E-state index in [9.17, 15) is 5.11 Å². The quantitative estimate of drug-likeness (QED) is 0.832. The van der Waals surface area contributed by atoms with Crippen LogP contribution in [0.15, 0.2) is 12.3 Å². The lowest BCUT2D eigenvalue weighted by atomic mass is 9.98. The number of hydrogen-bond donors (Lipinski definition) is 1. The van der Waals surface area contributed by atoms with Crippen molar-refractivity contribution in [2.45, 2.75) is 18.3 Å². The molecule has 0 aromatic carbocycles. The highest BCUT2D eigenvalue weighted by Gasteiger charge is 2.47. The molecule has 1 aromatic heterocycles. The van der Waals surface area contributed by atoms with Gasteiger partial charge >= 0.3 is 0 Å². The van der Waals surface area contributed by atoms with Gasteiger partial charge in [-0.2, -0.15) is 0 Å². The fourth-order valence-electron chi connectivity index (χ4n) is 1.69. The second-order valence-electron chi connectivity index (χ2n) is 3.62. The molecule has 14 heavy (non-hydrogen) atoms. The van der Waals surface area contributed by atoms with E-state index in [0.717, 1.165) is 18.4 Å². The van der Waals surface area contributed by atoms with Crippen molar-refractivity contribution in [3.63, 3.8) is 0 Å². The van der Waals surface area contributed by atoms with Crippen LogP contribution in [0.25, 0.3) is 0 Å². The summed E-state index contributed by atoms with van der Waals surface area (Å²) >= 11 is 6.08. The number of ether oxygens (including phenoxy) is 1. The Balaban J connectivity index is 2.50. The predicted molar refractivity (Wildman–Crippen MR) is 53.8 cm³/mol. The maximum atomic E-state index is 9.31. The first-order chi connectivity index (χ1) is 6.73. The van der Waals surface area contributed by atoms with E-state index in [1.165, 1.54) is 0 Å². The van der Waals surface area contributed by atoms with Crippen LogP contribution in [0.1, 0.15) is 18.4 Å². The normalized spacial score (nSPS) is 17.9. The van der Waals surface area contributed by atoms with Gasteiger partial charge in [-0.3, -0.25) is 0 Å². The van der Waals surface area contributed by atoms with Crippen molar-refractivity contribution in [3.05, 3.63) is 22.8 Å². The van der Waals surface area contributed by atoms with Crippen LogP contribution < -0.4 is 4.74 Å². The summed E-state index contributed by atoms with van der Waals surface area (Å²) in [5, 5.41) is 9.94. The van der Waals surface area contributed by atoms with Gasteiger partial charge in [0, 0.05) is 17.2 Å². The van der Waals surface area contributed by atoms with Gasteiger partial charge < -0.3 is 9.84 Å². The van der Waals surface area contributed by atoms with Crippen molar-refractivity contribution >= 4 is 11.6 Å². The van der Waals surface area contributed by atoms with Crippen LogP contribution in [0.2, 0.25) is 5.02 Å². The molecule has 0 atom stereocenters. The SMILES string of the molecule is COc1nccc(Cl)c1C1(CO)CC1. The number of aromatic nitrogens is 1. The van der Waals surface area contributed by atoms with Crippen molar-refractivity contribution in [3.8, 4) is 5.88 Å². The first-order valence-corrected chi connectivity index (χ1v) is 4.91. The van der Waals surface area contributed by atoms with Gasteiger partial charge in [-0.1, -0.05) is 11.6 Å². The standard InChI is InChI=1S/C10H12ClNO2/c1-14-9-8(7(11)2-5-12-9)10(6-13)3-4-10/h2,5,13H,3-4,6H2,1H3. The van der Waals surface area contributed by atoms with E-state index in [1.807, 2.05) is 0 Å². The Labute approximate surface area is 87.7 Å². The molecule has 0 spiro atoms. The zero-order chi connectivity index (χ0) is 10.2. The summed E-state index contributed by atoms with van der Waals surface area (Å²) in [4.78, 5) is 4.09. The molecule has 1 aliphatic rings. The third-order valence-electron chi connectivity index (χ3n) is 2.75. The van der Waals surface area contributed by atoms with Crippen LogP contribution in [0.3, 0.4) is 0 Å². The molecule has 1 saturated carbocycles. The van der Waals surface area contributed by atoms with Crippen molar-refractivity contribution in [2.75, 3.05) is 13.7 Å². The highest BCUT2D eigenvalue weighted by Crippen LogP contribution is 2.52. The Morgan fingerprint density at radius 2 is 2.36 bits per heavy atom. The largest absolute Gasteiger partial charge is 0.481 e. The van der Waals surface area contributed by atoms with Gasteiger partial charge in [0.1, 0.15) is 0 Å². The lowest BCUT2D eigenvalue weighted by Gasteiger charge is -2.16. The van der Waals surface area contributed by atoms with Gasteiger partial charge in [-0.05, 0) is 18.9 Å². The smallest absolute Gasteiger partial charge is 0.218 e. The molecular weight excluding hydrogens is 202 g/mol. The Hall–Kier alpha value is -0.800. The second-order valence-corrected chi connectivity index (χ2v) is 4.02. The third-order valence-corrected chi connectivity index (χ3v) is 3.06. The zero-order valence-electron chi connectivity index (χ0n) is 7.96. The minimum absolute atomic E-state index is 0.106. The molecule has 1 aliphatic carbocycles. The summed E-state index contributed by atoms with van der Waals surface area (Å²) in [6.45, 7) is 0.106. The number of nitrogens with zero attached hydrogens (tertiary/aromatic N) is 1. The molecule has 76 valence electrons. The van der Waals surface area contributed by atoms with Gasteiger partial charge in [-0.25, -0.2) is 4.98 Å². The van der Waals surface area contributed by atoms with Crippen molar-refractivity contribution in [2.24, 2.45) is 0 Å². The van der Waals surface area contributed by atoms with E-state index in [4.69, 9.17) is 16.3 Å². The van der Waals surface area contributed by atoms with E-state index < -0.39 is 0 Å². The number of hydrogen-bond acceptors (Lipinski definition) is 3. The molecule has 0 unspecified atom stereocenters. The Morgan fingerprint density at radius 1 is 1.64 bits per heavy atom. The summed E-state index contributed by atoms with van der Waals surface area (Å²) in [6, 6.07) is 1.73. The molecule has 3 nitrogen and oxygen atoms in total. The molecule has 0 radical (unpaired) electrons. The van der Waals surface area contributed by atoms with Gasteiger partial charge in [0.2, 0.25) is 5.88 Å². The van der Waals surface area contributed by atoms with E-state index in [0.29, 0.717) is 10.9 Å². The van der Waals surface area contributed by atoms with Crippen LogP contribution >= 0.6 is 11.6 Å². The maximum absolute atomic E-state index is 9.31. The Bertz CT molecular complexity index is 350. The average molecular weight is 214 g/mol. The number of aliphatic hydroxyl groups is 1. The van der Waals surface area contributed by atoms with Crippen LogP contribution in [0, 0.1) is 0 Å². The average Bonchev–Trinajstić information content (AvgIpc) is 2.98. The van der Waals surface area contributed by atoms with Crippen LogP contribution in [0.4, 0.5) is 0 Å². The fraction of sp³-hybridized carbons (Fsp3) is 0.500. The number of aliphatic hydroxyl groups excluding tert-OH is 1. The Kier molecular flexibility index (Phi) is 2.37. The predicted octanol–water partition coefficient (Wildman–Crippen LogP) is 1.77. The third kappa shape index (κ3) is 1.37. The molecule has 0 amide bonds. The molecule has 2 rings (SSSR count). The first-order valence-electron chi connectivity index (χ1n) is 4.53. The molecule has 1 aromatic rings. The monoisotopic (exact) mass is 213 g/mol. The lowest BCUT2D eigenvalue weighted by molar-refractivity contribution is 0.250. The summed E-state index contributed by atoms with van der Waals surface area (Å²) < 4.78 is 5.15. The van der Waals surface area contributed by atoms with Gasteiger partial charge in [0.05, 0.1) is 18.7 Å². The summed E-state index contributed by atoms with van der Waals surface area (Å²) in [7, 11) is 1.57. The van der Waals surface area contributed by atoms with Crippen LogP contribution in [-0.2, 0) is 5.41 Å². The number of pyridine rings is 1. The summed E-state index contributed by atoms with van der Waals surface area (Å²) in [5.74, 6) is 0.532. The molecule has 0 bridgehead atoms. The molecule has 0 aliphatic heterocycles. The highest BCUT2D eigenvalue weighted by molar-refractivity contribution is 6.31. The van der Waals surface area contributed by atoms with Gasteiger partial charge in [0.25, 0.3) is 0 Å². The number of methoxy groups -OCH3 is 1. The molecule has 1 heterocycles. The maximum Gasteiger partial charge on any atom is 0.218 e. The van der Waals surface area contributed by atoms with Crippen molar-refractivity contribution in [1.29, 1.82) is 0 Å². The van der Waals surface area contributed by atoms with Crippen LogP contribution in [0.5, 0.6) is 5.88 Å². The molecule has 1 fully saturated rings. The van der Waals surface area contributed by atoms with Gasteiger partial charge in [-0.15, -0.1) is 0 Å². The van der Waals surface area contributed by atoms with E-state index >= 15 is 0 Å². The van der Waals surface area contributed by atoms with Crippen molar-refractivity contribution in [1.82, 2.24) is 4.98 Å². The second kappa shape index (κ2) is 3.41. The molecule has 0 saturated heterocycles. The molecular formula is C10H12ClNO2. The zero-order valence-corrected chi connectivity index (χ0v) is 8.71. The lowest BCUT2D eigenvalue weighted by Crippen LogP contribution is -2.14. The summed E-state index contributed by atoms with van der Waals surface area (Å²) in [5.41, 5.74) is 0.656. The molecule has 4 heteroatoms. The minimum Gasteiger partial charge on any atom is -0.481 e. The number of rotatable bonds is 3. The minimum atomic E-state index is -0.198. The van der Waals surface area contributed by atoms with Crippen LogP contribution in [-0.4, -0.2) is 23.8 Å². The van der Waals surface area contributed by atoms with Crippen molar-refractivity contribution < 1.29 is 9.84 Å². The fourth-order valence-corrected chi connectivity index (χ4v) is 2.03. The summed E-state index contributed by atoms with van der Waals surface area (Å²) in [6.07, 6.45) is 3.51.